The van der Waals surface area contributed by atoms with Crippen LogP contribution in [0.4, 0.5) is 13.2 Å². The van der Waals surface area contributed by atoms with E-state index in [1.165, 1.54) is 13.0 Å². The van der Waals surface area contributed by atoms with E-state index in [-0.39, 0.29) is 18.0 Å². The number of Topliss-reactive ketones (excluding diaryl/α,β-unsaturated/α-hetero) is 1. The SMILES string of the molecule is Cc1cc(C(F)(F)F)ccc1CC(=O)c1ccc(CS(=O)(=O)C(C)C)cc1. The number of hydrogen-bond acceptors (Lipinski definition) is 3. The van der Waals surface area contributed by atoms with E-state index in [0.717, 1.165) is 12.1 Å². The van der Waals surface area contributed by atoms with Crippen molar-refractivity contribution in [2.45, 2.75) is 44.4 Å². The lowest BCUT2D eigenvalue weighted by Gasteiger charge is -2.11. The summed E-state index contributed by atoms with van der Waals surface area (Å²) in [4.78, 5) is 12.4. The highest BCUT2D eigenvalue weighted by molar-refractivity contribution is 7.91. The molecule has 0 atom stereocenters. The van der Waals surface area contributed by atoms with Gasteiger partial charge >= 0.3 is 6.18 Å². The van der Waals surface area contributed by atoms with Gasteiger partial charge in [-0.2, -0.15) is 13.2 Å². The largest absolute Gasteiger partial charge is 0.416 e. The molecule has 3 nitrogen and oxygen atoms in total. The van der Waals surface area contributed by atoms with Crippen molar-refractivity contribution in [1.29, 1.82) is 0 Å². The first-order valence-corrected chi connectivity index (χ1v) is 10.1. The van der Waals surface area contributed by atoms with Crippen LogP contribution in [0, 0.1) is 6.92 Å². The molecule has 0 unspecified atom stereocenters. The number of ketones is 1. The minimum Gasteiger partial charge on any atom is -0.294 e. The molecule has 0 fully saturated rings. The molecule has 0 saturated carbocycles. The van der Waals surface area contributed by atoms with Crippen LogP contribution in [0.15, 0.2) is 42.5 Å². The predicted octanol–water partition coefficient (Wildman–Crippen LogP) is 4.76. The van der Waals surface area contributed by atoms with E-state index in [2.05, 4.69) is 0 Å². The quantitative estimate of drug-likeness (QED) is 0.659. The number of hydrogen-bond donors (Lipinski definition) is 0. The van der Waals surface area contributed by atoms with Gasteiger partial charge in [0.25, 0.3) is 0 Å². The van der Waals surface area contributed by atoms with Gasteiger partial charge in [0, 0.05) is 12.0 Å². The van der Waals surface area contributed by atoms with Gasteiger partial charge in [-0.25, -0.2) is 8.42 Å². The van der Waals surface area contributed by atoms with Crippen molar-refractivity contribution in [2.75, 3.05) is 0 Å². The normalized spacial score (nSPS) is 12.4. The highest BCUT2D eigenvalue weighted by atomic mass is 32.2. The third-order valence-electron chi connectivity index (χ3n) is 4.38. The summed E-state index contributed by atoms with van der Waals surface area (Å²) in [6.07, 6.45) is -4.44. The minimum atomic E-state index is -4.42. The Hall–Kier alpha value is -2.15. The summed E-state index contributed by atoms with van der Waals surface area (Å²) in [6.45, 7) is 4.76. The van der Waals surface area contributed by atoms with Crippen molar-refractivity contribution in [3.8, 4) is 0 Å². The maximum Gasteiger partial charge on any atom is 0.416 e. The maximum atomic E-state index is 12.7. The second kappa shape index (κ2) is 7.84. The van der Waals surface area contributed by atoms with Crippen LogP contribution in [0.5, 0.6) is 0 Å². The molecule has 0 spiro atoms. The van der Waals surface area contributed by atoms with Crippen LogP contribution in [-0.4, -0.2) is 19.5 Å². The van der Waals surface area contributed by atoms with E-state index in [1.54, 1.807) is 38.1 Å². The Balaban J connectivity index is 2.13. The summed E-state index contributed by atoms with van der Waals surface area (Å²) in [5, 5.41) is -0.485. The fourth-order valence-corrected chi connectivity index (χ4v) is 3.52. The highest BCUT2D eigenvalue weighted by Crippen LogP contribution is 2.30. The molecule has 0 N–H and O–H groups in total. The molecule has 7 heteroatoms. The summed E-state index contributed by atoms with van der Waals surface area (Å²) < 4.78 is 62.1. The molecule has 0 bridgehead atoms. The third-order valence-corrected chi connectivity index (χ3v) is 6.56. The average Bonchev–Trinajstić information content (AvgIpc) is 2.55. The smallest absolute Gasteiger partial charge is 0.294 e. The van der Waals surface area contributed by atoms with Crippen LogP contribution < -0.4 is 0 Å². The Kier molecular flexibility index (Phi) is 6.14. The van der Waals surface area contributed by atoms with Crippen molar-refractivity contribution in [1.82, 2.24) is 0 Å². The molecular weight excluding hydrogens is 377 g/mol. The van der Waals surface area contributed by atoms with Crippen molar-refractivity contribution >= 4 is 15.6 Å². The van der Waals surface area contributed by atoms with Gasteiger partial charge in [-0.15, -0.1) is 0 Å². The lowest BCUT2D eigenvalue weighted by atomic mass is 9.97. The molecule has 0 heterocycles. The summed E-state index contributed by atoms with van der Waals surface area (Å²) in [5.74, 6) is -0.340. The number of alkyl halides is 3. The van der Waals surface area contributed by atoms with Crippen LogP contribution in [0.3, 0.4) is 0 Å². The summed E-state index contributed by atoms with van der Waals surface area (Å²) in [6, 6.07) is 9.59. The number of aryl methyl sites for hydroxylation is 1. The topological polar surface area (TPSA) is 51.2 Å². The first kappa shape index (κ1) is 21.2. The number of carbonyl (C=O) groups is 1. The van der Waals surface area contributed by atoms with Gasteiger partial charge in [-0.1, -0.05) is 30.3 Å². The van der Waals surface area contributed by atoms with Gasteiger partial charge in [-0.3, -0.25) is 4.79 Å². The Morgan fingerprint density at radius 2 is 1.63 bits per heavy atom. The molecule has 2 aromatic carbocycles. The minimum absolute atomic E-state index is 0.0202. The lowest BCUT2D eigenvalue weighted by Crippen LogP contribution is -2.16. The Morgan fingerprint density at radius 3 is 2.11 bits per heavy atom. The van der Waals surface area contributed by atoms with Crippen molar-refractivity contribution in [3.05, 3.63) is 70.3 Å². The second-order valence-electron chi connectivity index (χ2n) is 6.79. The van der Waals surface area contributed by atoms with Crippen molar-refractivity contribution < 1.29 is 26.4 Å². The molecule has 0 saturated heterocycles. The van der Waals surface area contributed by atoms with Crippen molar-refractivity contribution in [3.63, 3.8) is 0 Å². The van der Waals surface area contributed by atoms with Gasteiger partial charge in [-0.05, 0) is 49.6 Å². The Labute approximate surface area is 157 Å². The van der Waals surface area contributed by atoms with Crippen molar-refractivity contribution in [2.24, 2.45) is 0 Å². The predicted molar refractivity (Wildman–Crippen MR) is 98.4 cm³/mol. The molecule has 0 amide bonds. The zero-order valence-electron chi connectivity index (χ0n) is 15.3. The first-order chi connectivity index (χ1) is 12.4. The molecule has 2 rings (SSSR count). The van der Waals surface area contributed by atoms with Crippen LogP contribution >= 0.6 is 0 Å². The van der Waals surface area contributed by atoms with E-state index in [4.69, 9.17) is 0 Å². The monoisotopic (exact) mass is 398 g/mol. The van der Waals surface area contributed by atoms with E-state index < -0.39 is 26.8 Å². The second-order valence-corrected chi connectivity index (χ2v) is 9.35. The van der Waals surface area contributed by atoms with E-state index >= 15 is 0 Å². The Morgan fingerprint density at radius 1 is 1.04 bits per heavy atom. The lowest BCUT2D eigenvalue weighted by molar-refractivity contribution is -0.137. The fourth-order valence-electron chi connectivity index (χ4n) is 2.53. The molecule has 0 aromatic heterocycles. The summed E-state index contributed by atoms with van der Waals surface area (Å²) in [5.41, 5.74) is 1.16. The number of rotatable bonds is 6. The molecular formula is C20H21F3O3S. The highest BCUT2D eigenvalue weighted by Gasteiger charge is 2.30. The molecule has 0 aliphatic rings. The Bertz CT molecular complexity index is 928. The van der Waals surface area contributed by atoms with Crippen LogP contribution in [-0.2, 0) is 28.2 Å². The summed E-state index contributed by atoms with van der Waals surface area (Å²) in [7, 11) is -3.23. The third kappa shape index (κ3) is 5.42. The standard InChI is InChI=1S/C20H21F3O3S/c1-13(2)27(25,26)12-15-4-6-16(7-5-15)19(24)11-17-8-9-18(10-14(17)3)20(21,22)23/h4-10,13H,11-12H2,1-3H3. The molecule has 0 aliphatic heterocycles. The first-order valence-electron chi connectivity index (χ1n) is 8.40. The zero-order valence-corrected chi connectivity index (χ0v) is 16.1. The van der Waals surface area contributed by atoms with E-state index in [1.807, 2.05) is 0 Å². The fraction of sp³-hybridized carbons (Fsp3) is 0.350. The number of benzene rings is 2. The molecule has 146 valence electrons. The molecule has 0 aliphatic carbocycles. The van der Waals surface area contributed by atoms with E-state index in [9.17, 15) is 26.4 Å². The van der Waals surface area contributed by atoms with Crippen LogP contribution in [0.2, 0.25) is 0 Å². The maximum absolute atomic E-state index is 12.7. The summed E-state index contributed by atoms with van der Waals surface area (Å²) >= 11 is 0. The molecule has 2 aromatic rings. The van der Waals surface area contributed by atoms with Gasteiger partial charge in [0.15, 0.2) is 15.6 Å². The van der Waals surface area contributed by atoms with Crippen LogP contribution in [0.25, 0.3) is 0 Å². The molecule has 27 heavy (non-hydrogen) atoms. The average molecular weight is 398 g/mol. The van der Waals surface area contributed by atoms with Gasteiger partial charge in [0.2, 0.25) is 0 Å². The van der Waals surface area contributed by atoms with Gasteiger partial charge < -0.3 is 0 Å². The van der Waals surface area contributed by atoms with Crippen LogP contribution in [0.1, 0.15) is 46.5 Å². The van der Waals surface area contributed by atoms with Gasteiger partial charge in [0.1, 0.15) is 0 Å². The molecule has 0 radical (unpaired) electrons. The number of halogens is 3. The number of sulfone groups is 1. The van der Waals surface area contributed by atoms with Gasteiger partial charge in [0.05, 0.1) is 16.6 Å². The van der Waals surface area contributed by atoms with E-state index in [0.29, 0.717) is 22.3 Å². The zero-order chi connectivity index (χ0) is 20.4. The number of carbonyl (C=O) groups excluding carboxylic acids is 1.